The fourth-order valence-electron chi connectivity index (χ4n) is 3.53. The smallest absolute Gasteiger partial charge is 0.256 e. The maximum Gasteiger partial charge on any atom is 0.256 e. The molecule has 1 aromatic rings. The average molecular weight is 237 g/mol. The molecule has 2 heteroatoms. The van der Waals surface area contributed by atoms with Crippen molar-refractivity contribution in [1.82, 2.24) is 0 Å². The van der Waals surface area contributed by atoms with Crippen LogP contribution in [0.3, 0.4) is 0 Å². The minimum atomic E-state index is 0.0583. The molecule has 1 N–H and O–H groups in total. The van der Waals surface area contributed by atoms with Gasteiger partial charge in [-0.2, -0.15) is 0 Å². The van der Waals surface area contributed by atoms with Crippen LogP contribution in [0.1, 0.15) is 18.4 Å². The van der Waals surface area contributed by atoms with E-state index in [9.17, 15) is 4.79 Å². The maximum atomic E-state index is 12.0. The van der Waals surface area contributed by atoms with Crippen LogP contribution in [-0.4, -0.2) is 5.91 Å². The standard InChI is InChI=1S/C16H15NO/c18-16-14(13-3-1-2-4-15(13)17-16)9-12-8-10-5-6-11(12)7-10/h1-6,9-12H,7-8H2,(H,17,18)/b14-9+/t10-,11+,12+/m1/s1. The van der Waals surface area contributed by atoms with Gasteiger partial charge in [-0.15, -0.1) is 0 Å². The molecule has 0 radical (unpaired) electrons. The Morgan fingerprint density at radius 2 is 2.06 bits per heavy atom. The van der Waals surface area contributed by atoms with Gasteiger partial charge in [-0.05, 0) is 36.7 Å². The molecule has 1 fully saturated rings. The van der Waals surface area contributed by atoms with E-state index in [0.717, 1.165) is 22.7 Å². The molecule has 0 unspecified atom stereocenters. The van der Waals surface area contributed by atoms with Crippen LogP contribution in [0.25, 0.3) is 5.57 Å². The molecule has 1 aliphatic heterocycles. The summed E-state index contributed by atoms with van der Waals surface area (Å²) in [6.07, 6.45) is 9.35. The van der Waals surface area contributed by atoms with E-state index < -0.39 is 0 Å². The van der Waals surface area contributed by atoms with Gasteiger partial charge in [0.05, 0.1) is 0 Å². The van der Waals surface area contributed by atoms with Crippen molar-refractivity contribution in [3.05, 3.63) is 48.1 Å². The van der Waals surface area contributed by atoms with Crippen LogP contribution in [0.4, 0.5) is 5.69 Å². The summed E-state index contributed by atoms with van der Waals surface area (Å²) < 4.78 is 0. The minimum Gasteiger partial charge on any atom is -0.321 e. The molecular weight excluding hydrogens is 222 g/mol. The second-order valence-corrected chi connectivity index (χ2v) is 5.52. The van der Waals surface area contributed by atoms with Crippen LogP contribution in [0.5, 0.6) is 0 Å². The highest BCUT2D eigenvalue weighted by Crippen LogP contribution is 2.45. The number of anilines is 1. The maximum absolute atomic E-state index is 12.0. The Morgan fingerprint density at radius 1 is 1.17 bits per heavy atom. The lowest BCUT2D eigenvalue weighted by atomic mass is 9.90. The van der Waals surface area contributed by atoms with Crippen molar-refractivity contribution in [2.24, 2.45) is 17.8 Å². The van der Waals surface area contributed by atoms with E-state index in [0.29, 0.717) is 11.8 Å². The van der Waals surface area contributed by atoms with Crippen molar-refractivity contribution < 1.29 is 4.79 Å². The monoisotopic (exact) mass is 237 g/mol. The second kappa shape index (κ2) is 3.58. The molecule has 1 saturated carbocycles. The summed E-state index contributed by atoms with van der Waals surface area (Å²) >= 11 is 0. The van der Waals surface area contributed by atoms with E-state index in [1.54, 1.807) is 0 Å². The first-order valence-corrected chi connectivity index (χ1v) is 6.62. The van der Waals surface area contributed by atoms with Gasteiger partial charge in [-0.25, -0.2) is 0 Å². The van der Waals surface area contributed by atoms with E-state index in [-0.39, 0.29) is 5.91 Å². The van der Waals surface area contributed by atoms with Crippen molar-refractivity contribution in [2.45, 2.75) is 12.8 Å². The molecule has 1 heterocycles. The van der Waals surface area contributed by atoms with Crippen LogP contribution < -0.4 is 5.32 Å². The van der Waals surface area contributed by atoms with Crippen molar-refractivity contribution in [3.8, 4) is 0 Å². The first-order chi connectivity index (χ1) is 8.81. The number of benzene rings is 1. The number of para-hydroxylation sites is 1. The van der Waals surface area contributed by atoms with Gasteiger partial charge in [0.2, 0.25) is 0 Å². The molecule has 3 atom stereocenters. The summed E-state index contributed by atoms with van der Waals surface area (Å²) in [5.74, 6) is 2.01. The zero-order valence-corrected chi connectivity index (χ0v) is 10.1. The van der Waals surface area contributed by atoms with E-state index in [2.05, 4.69) is 23.5 Å². The molecule has 2 nitrogen and oxygen atoms in total. The highest BCUT2D eigenvalue weighted by atomic mass is 16.2. The summed E-state index contributed by atoms with van der Waals surface area (Å²) in [5.41, 5.74) is 2.89. The van der Waals surface area contributed by atoms with Gasteiger partial charge in [0, 0.05) is 16.8 Å². The third-order valence-electron chi connectivity index (χ3n) is 4.42. The quantitative estimate of drug-likeness (QED) is 0.589. The number of amides is 1. The van der Waals surface area contributed by atoms with Gasteiger partial charge < -0.3 is 5.32 Å². The number of nitrogens with one attached hydrogen (secondary N) is 1. The zero-order chi connectivity index (χ0) is 12.1. The van der Waals surface area contributed by atoms with E-state index in [1.165, 1.54) is 12.8 Å². The normalized spacial score (nSPS) is 34.1. The van der Waals surface area contributed by atoms with Crippen LogP contribution in [0.15, 0.2) is 42.5 Å². The molecule has 0 aromatic heterocycles. The molecule has 3 aliphatic rings. The third kappa shape index (κ3) is 1.38. The van der Waals surface area contributed by atoms with Gasteiger partial charge in [0.15, 0.2) is 0 Å². The van der Waals surface area contributed by atoms with Gasteiger partial charge in [-0.3, -0.25) is 4.79 Å². The number of allylic oxidation sites excluding steroid dienone is 3. The summed E-state index contributed by atoms with van der Waals surface area (Å²) in [7, 11) is 0. The molecule has 2 aliphatic carbocycles. The molecule has 4 rings (SSSR count). The number of carbonyl (C=O) groups is 1. The van der Waals surface area contributed by atoms with Crippen molar-refractivity contribution >= 4 is 17.2 Å². The SMILES string of the molecule is O=C1Nc2ccccc2/C1=C\[C@@H]1C[C@@H]2C=C[C@H]1C2. The molecular formula is C16H15NO. The topological polar surface area (TPSA) is 29.1 Å². The molecule has 0 spiro atoms. The first-order valence-electron chi connectivity index (χ1n) is 6.62. The third-order valence-corrected chi connectivity index (χ3v) is 4.42. The van der Waals surface area contributed by atoms with Crippen LogP contribution in [0.2, 0.25) is 0 Å². The van der Waals surface area contributed by atoms with Gasteiger partial charge in [0.1, 0.15) is 0 Å². The lowest BCUT2D eigenvalue weighted by Gasteiger charge is -2.14. The fourth-order valence-corrected chi connectivity index (χ4v) is 3.53. The van der Waals surface area contributed by atoms with E-state index in [4.69, 9.17) is 0 Å². The molecule has 0 saturated heterocycles. The fraction of sp³-hybridized carbons (Fsp3) is 0.312. The highest BCUT2D eigenvalue weighted by molar-refractivity contribution is 6.31. The van der Waals surface area contributed by atoms with Gasteiger partial charge >= 0.3 is 0 Å². The Hall–Kier alpha value is -1.83. The largest absolute Gasteiger partial charge is 0.321 e. The summed E-state index contributed by atoms with van der Waals surface area (Å²) in [4.78, 5) is 12.0. The Bertz CT molecular complexity index is 585. The van der Waals surface area contributed by atoms with E-state index >= 15 is 0 Å². The summed E-state index contributed by atoms with van der Waals surface area (Å²) in [6.45, 7) is 0. The zero-order valence-electron chi connectivity index (χ0n) is 10.1. The van der Waals surface area contributed by atoms with Crippen molar-refractivity contribution in [3.63, 3.8) is 0 Å². The van der Waals surface area contributed by atoms with Crippen molar-refractivity contribution in [1.29, 1.82) is 0 Å². The molecule has 90 valence electrons. The Labute approximate surface area is 106 Å². The average Bonchev–Trinajstić information content (AvgIpc) is 3.05. The first kappa shape index (κ1) is 10.1. The molecule has 1 amide bonds. The number of hydrogen-bond acceptors (Lipinski definition) is 1. The number of carbonyl (C=O) groups excluding carboxylic acids is 1. The molecule has 18 heavy (non-hydrogen) atoms. The predicted molar refractivity (Wildman–Crippen MR) is 71.9 cm³/mol. The number of hydrogen-bond donors (Lipinski definition) is 1. The number of fused-ring (bicyclic) bond motifs is 3. The molecule has 2 bridgehead atoms. The Morgan fingerprint density at radius 3 is 2.83 bits per heavy atom. The summed E-state index contributed by atoms with van der Waals surface area (Å²) in [6, 6.07) is 7.95. The lowest BCUT2D eigenvalue weighted by Crippen LogP contribution is -2.08. The summed E-state index contributed by atoms with van der Waals surface area (Å²) in [5, 5.41) is 2.94. The van der Waals surface area contributed by atoms with Crippen LogP contribution in [0, 0.1) is 17.8 Å². The van der Waals surface area contributed by atoms with Crippen LogP contribution >= 0.6 is 0 Å². The molecule has 1 aromatic carbocycles. The number of rotatable bonds is 1. The second-order valence-electron chi connectivity index (χ2n) is 5.52. The lowest BCUT2D eigenvalue weighted by molar-refractivity contribution is -0.110. The van der Waals surface area contributed by atoms with E-state index in [1.807, 2.05) is 24.3 Å². The van der Waals surface area contributed by atoms with Gasteiger partial charge in [-0.1, -0.05) is 36.4 Å². The minimum absolute atomic E-state index is 0.0583. The van der Waals surface area contributed by atoms with Crippen molar-refractivity contribution in [2.75, 3.05) is 5.32 Å². The Kier molecular flexibility index (Phi) is 2.01. The van der Waals surface area contributed by atoms with Crippen LogP contribution in [-0.2, 0) is 4.79 Å². The van der Waals surface area contributed by atoms with Gasteiger partial charge in [0.25, 0.3) is 5.91 Å². The Balaban J connectivity index is 1.73. The predicted octanol–water partition coefficient (Wildman–Crippen LogP) is 3.23. The highest BCUT2D eigenvalue weighted by Gasteiger charge is 2.36.